The molecular formula is C20H22FN5O4. The highest BCUT2D eigenvalue weighted by molar-refractivity contribution is 6.05. The largest absolute Gasteiger partial charge is 0.495 e. The molecule has 0 spiro atoms. The predicted molar refractivity (Wildman–Crippen MR) is 108 cm³/mol. The smallest absolute Gasteiger partial charge is 0.278 e. The standard InChI is InChI=1S/C20H22FN5O4/c1-20(9-16(27)26(2)19(22)25-20)13-7-11(5-6-14(13)21)24-18(28)17-15(30-4)8-12(29-3)10-23-17/h5-8,10H,9H2,1-4H3,(H2,22,25)(H,24,28). The number of guanidine groups is 1. The fourth-order valence-electron chi connectivity index (χ4n) is 3.13. The highest BCUT2D eigenvalue weighted by Gasteiger charge is 2.38. The van der Waals surface area contributed by atoms with E-state index in [0.29, 0.717) is 11.4 Å². The lowest BCUT2D eigenvalue weighted by molar-refractivity contribution is -0.128. The van der Waals surface area contributed by atoms with Crippen LogP contribution < -0.4 is 20.5 Å². The second kappa shape index (κ2) is 7.97. The quantitative estimate of drug-likeness (QED) is 0.770. The molecule has 1 aliphatic rings. The van der Waals surface area contributed by atoms with Crippen molar-refractivity contribution in [3.63, 3.8) is 0 Å². The first-order valence-electron chi connectivity index (χ1n) is 9.00. The monoisotopic (exact) mass is 415 g/mol. The molecule has 1 aromatic heterocycles. The average molecular weight is 415 g/mol. The molecule has 3 N–H and O–H groups in total. The Hall–Kier alpha value is -3.69. The van der Waals surface area contributed by atoms with E-state index in [4.69, 9.17) is 15.2 Å². The number of methoxy groups -OCH3 is 2. The number of rotatable bonds is 5. The second-order valence-corrected chi connectivity index (χ2v) is 6.95. The van der Waals surface area contributed by atoms with Crippen LogP contribution in [0.4, 0.5) is 10.1 Å². The van der Waals surface area contributed by atoms with Gasteiger partial charge in [0.1, 0.15) is 11.6 Å². The molecule has 0 radical (unpaired) electrons. The number of carbonyl (C=O) groups excluding carboxylic acids is 2. The zero-order valence-electron chi connectivity index (χ0n) is 17.0. The lowest BCUT2D eigenvalue weighted by Gasteiger charge is -2.34. The van der Waals surface area contributed by atoms with E-state index in [1.807, 2.05) is 0 Å². The number of ether oxygens (including phenoxy) is 2. The van der Waals surface area contributed by atoms with Gasteiger partial charge in [-0.05, 0) is 25.1 Å². The van der Waals surface area contributed by atoms with Crippen LogP contribution in [0.15, 0.2) is 35.5 Å². The summed E-state index contributed by atoms with van der Waals surface area (Å²) in [6.45, 7) is 1.61. The van der Waals surface area contributed by atoms with Crippen molar-refractivity contribution in [3.8, 4) is 11.5 Å². The Labute approximate surface area is 172 Å². The van der Waals surface area contributed by atoms with Gasteiger partial charge in [0, 0.05) is 24.4 Å². The second-order valence-electron chi connectivity index (χ2n) is 6.95. The number of aromatic nitrogens is 1. The van der Waals surface area contributed by atoms with E-state index < -0.39 is 17.3 Å². The van der Waals surface area contributed by atoms with Gasteiger partial charge in [-0.1, -0.05) is 0 Å². The summed E-state index contributed by atoms with van der Waals surface area (Å²) >= 11 is 0. The van der Waals surface area contributed by atoms with Crippen LogP contribution in [0.1, 0.15) is 29.4 Å². The van der Waals surface area contributed by atoms with Crippen molar-refractivity contribution in [3.05, 3.63) is 47.5 Å². The number of benzene rings is 1. The molecular weight excluding hydrogens is 393 g/mol. The summed E-state index contributed by atoms with van der Waals surface area (Å²) < 4.78 is 24.9. The number of nitrogens with two attached hydrogens (primary N) is 1. The fraction of sp³-hybridized carbons (Fsp3) is 0.300. The van der Waals surface area contributed by atoms with Crippen molar-refractivity contribution in [1.29, 1.82) is 0 Å². The molecule has 10 heteroatoms. The average Bonchev–Trinajstić information content (AvgIpc) is 2.72. The van der Waals surface area contributed by atoms with Crippen LogP contribution in [-0.4, -0.2) is 48.9 Å². The molecule has 1 unspecified atom stereocenters. The van der Waals surface area contributed by atoms with Gasteiger partial charge in [0.15, 0.2) is 17.4 Å². The van der Waals surface area contributed by atoms with Gasteiger partial charge in [-0.3, -0.25) is 14.5 Å². The fourth-order valence-corrected chi connectivity index (χ4v) is 3.13. The highest BCUT2D eigenvalue weighted by atomic mass is 19.1. The molecule has 0 fully saturated rings. The number of carbonyl (C=O) groups is 2. The number of anilines is 1. The Bertz CT molecular complexity index is 1040. The third kappa shape index (κ3) is 3.88. The first-order chi connectivity index (χ1) is 14.2. The van der Waals surface area contributed by atoms with Crippen molar-refractivity contribution in [2.75, 3.05) is 26.6 Å². The summed E-state index contributed by atoms with van der Waals surface area (Å²) in [6, 6.07) is 5.56. The summed E-state index contributed by atoms with van der Waals surface area (Å²) in [5.41, 5.74) is 5.09. The number of hydrogen-bond acceptors (Lipinski definition) is 7. The normalized spacial score (nSPS) is 18.6. The molecule has 0 aliphatic carbocycles. The zero-order valence-corrected chi connectivity index (χ0v) is 17.0. The van der Waals surface area contributed by atoms with Gasteiger partial charge in [0.2, 0.25) is 5.91 Å². The number of pyridine rings is 1. The number of aliphatic imine (C=N–C) groups is 1. The van der Waals surface area contributed by atoms with E-state index in [1.54, 1.807) is 6.92 Å². The molecule has 30 heavy (non-hydrogen) atoms. The molecule has 2 aromatic rings. The maximum atomic E-state index is 14.6. The van der Waals surface area contributed by atoms with Crippen LogP contribution in [0, 0.1) is 5.82 Å². The first-order valence-corrected chi connectivity index (χ1v) is 9.00. The van der Waals surface area contributed by atoms with E-state index in [0.717, 1.165) is 0 Å². The van der Waals surface area contributed by atoms with Crippen LogP contribution in [0.2, 0.25) is 0 Å². The van der Waals surface area contributed by atoms with Crippen molar-refractivity contribution in [2.45, 2.75) is 18.9 Å². The minimum atomic E-state index is -1.20. The van der Waals surface area contributed by atoms with Gasteiger partial charge < -0.3 is 20.5 Å². The number of nitrogens with one attached hydrogen (secondary N) is 1. The van der Waals surface area contributed by atoms with Gasteiger partial charge in [-0.2, -0.15) is 0 Å². The van der Waals surface area contributed by atoms with E-state index in [1.165, 1.54) is 56.6 Å². The Morgan fingerprint density at radius 1 is 1.30 bits per heavy atom. The maximum absolute atomic E-state index is 14.6. The van der Waals surface area contributed by atoms with Crippen LogP contribution >= 0.6 is 0 Å². The van der Waals surface area contributed by atoms with E-state index >= 15 is 0 Å². The summed E-state index contributed by atoms with van der Waals surface area (Å²) in [4.78, 5) is 34.5. The van der Waals surface area contributed by atoms with Gasteiger partial charge in [0.25, 0.3) is 5.91 Å². The molecule has 1 aromatic carbocycles. The van der Waals surface area contributed by atoms with Crippen molar-refractivity contribution >= 4 is 23.5 Å². The van der Waals surface area contributed by atoms with Crippen LogP contribution in [0.25, 0.3) is 0 Å². The Kier molecular flexibility index (Phi) is 5.59. The SMILES string of the molecule is COc1cnc(C(=O)Nc2ccc(F)c(C3(C)CC(=O)N(C)C(N)=N3)c2)c(OC)c1. The molecule has 0 saturated carbocycles. The van der Waals surface area contributed by atoms with Gasteiger partial charge >= 0.3 is 0 Å². The summed E-state index contributed by atoms with van der Waals surface area (Å²) in [5, 5.41) is 2.66. The lowest BCUT2D eigenvalue weighted by atomic mass is 9.87. The molecule has 0 saturated heterocycles. The lowest BCUT2D eigenvalue weighted by Crippen LogP contribution is -2.47. The zero-order chi connectivity index (χ0) is 22.1. The molecule has 0 bridgehead atoms. The van der Waals surface area contributed by atoms with Crippen LogP contribution in [0.5, 0.6) is 11.5 Å². The predicted octanol–water partition coefficient (Wildman–Crippen LogP) is 1.88. The molecule has 1 aliphatic heterocycles. The molecule has 3 rings (SSSR count). The first kappa shape index (κ1) is 21.0. The van der Waals surface area contributed by atoms with Gasteiger partial charge in [-0.15, -0.1) is 0 Å². The van der Waals surface area contributed by atoms with Crippen molar-refractivity contribution < 1.29 is 23.5 Å². The van der Waals surface area contributed by atoms with Crippen LogP contribution in [-0.2, 0) is 10.3 Å². The third-order valence-corrected chi connectivity index (χ3v) is 4.88. The highest BCUT2D eigenvalue weighted by Crippen LogP contribution is 2.36. The van der Waals surface area contributed by atoms with Crippen molar-refractivity contribution in [2.24, 2.45) is 10.7 Å². The van der Waals surface area contributed by atoms with E-state index in [9.17, 15) is 14.0 Å². The minimum absolute atomic E-state index is 0.00485. The Morgan fingerprint density at radius 3 is 2.67 bits per heavy atom. The summed E-state index contributed by atoms with van der Waals surface area (Å²) in [5.74, 6) is -0.757. The Morgan fingerprint density at radius 2 is 2.03 bits per heavy atom. The van der Waals surface area contributed by atoms with Crippen LogP contribution in [0.3, 0.4) is 0 Å². The number of nitrogens with zero attached hydrogens (tertiary/aromatic N) is 3. The maximum Gasteiger partial charge on any atom is 0.278 e. The summed E-state index contributed by atoms with van der Waals surface area (Å²) in [7, 11) is 4.38. The Balaban J connectivity index is 1.93. The van der Waals surface area contributed by atoms with E-state index in [-0.39, 0.29) is 35.3 Å². The molecule has 2 amide bonds. The molecule has 158 valence electrons. The van der Waals surface area contributed by atoms with Gasteiger partial charge in [0.05, 0.1) is 32.4 Å². The minimum Gasteiger partial charge on any atom is -0.495 e. The number of halogens is 1. The van der Waals surface area contributed by atoms with Crippen molar-refractivity contribution in [1.82, 2.24) is 9.88 Å². The van der Waals surface area contributed by atoms with Gasteiger partial charge in [-0.25, -0.2) is 14.4 Å². The number of amides is 2. The molecule has 9 nitrogen and oxygen atoms in total. The summed E-state index contributed by atoms with van der Waals surface area (Å²) in [6.07, 6.45) is 1.32. The van der Waals surface area contributed by atoms with E-state index in [2.05, 4.69) is 15.3 Å². The third-order valence-electron chi connectivity index (χ3n) is 4.88. The topological polar surface area (TPSA) is 119 Å². The molecule has 1 atom stereocenters. The molecule has 2 heterocycles. The number of hydrogen-bond donors (Lipinski definition) is 2.